The Morgan fingerprint density at radius 1 is 1.40 bits per heavy atom. The molecule has 1 aliphatic heterocycles. The first kappa shape index (κ1) is 14.3. The van der Waals surface area contributed by atoms with E-state index >= 15 is 0 Å². The van der Waals surface area contributed by atoms with Crippen LogP contribution in [0, 0.1) is 0 Å². The monoisotopic (exact) mass is 266 g/mol. The third kappa shape index (κ3) is 2.90. The molecule has 1 atom stereocenters. The molecular formula is C18H22N2. The molecule has 0 N–H and O–H groups in total. The lowest BCUT2D eigenvalue weighted by atomic mass is 10.1. The van der Waals surface area contributed by atoms with E-state index in [1.54, 1.807) is 0 Å². The fraction of sp³-hybridized carbons (Fsp3) is 0.278. The maximum atomic E-state index is 4.62. The Bertz CT molecular complexity index is 579. The zero-order chi connectivity index (χ0) is 14.5. The highest BCUT2D eigenvalue weighted by Gasteiger charge is 2.24. The molecule has 1 heterocycles. The van der Waals surface area contributed by atoms with Gasteiger partial charge >= 0.3 is 0 Å². The van der Waals surface area contributed by atoms with Gasteiger partial charge < -0.3 is 4.90 Å². The highest BCUT2D eigenvalue weighted by Crippen LogP contribution is 2.29. The number of aliphatic imine (C=N–C) groups is 1. The summed E-state index contributed by atoms with van der Waals surface area (Å²) < 4.78 is 0. The first-order valence-electron chi connectivity index (χ1n) is 6.98. The molecule has 2 rings (SSSR count). The van der Waals surface area contributed by atoms with Gasteiger partial charge in [-0.2, -0.15) is 0 Å². The lowest BCUT2D eigenvalue weighted by Crippen LogP contribution is -2.29. The molecule has 1 aromatic carbocycles. The summed E-state index contributed by atoms with van der Waals surface area (Å²) >= 11 is 0. The summed E-state index contributed by atoms with van der Waals surface area (Å²) in [6.07, 6.45) is 8.94. The number of benzene rings is 1. The molecule has 0 saturated carbocycles. The van der Waals surface area contributed by atoms with Gasteiger partial charge in [0.05, 0.1) is 11.7 Å². The Morgan fingerprint density at radius 2 is 2.15 bits per heavy atom. The Balaban J connectivity index is 2.18. The van der Waals surface area contributed by atoms with Crippen molar-refractivity contribution in [2.75, 3.05) is 11.9 Å². The number of hydrogen-bond acceptors (Lipinski definition) is 2. The van der Waals surface area contributed by atoms with Crippen LogP contribution in [0.2, 0.25) is 0 Å². The molecule has 0 radical (unpaired) electrons. The van der Waals surface area contributed by atoms with E-state index in [0.717, 1.165) is 17.7 Å². The SMILES string of the molecule is C=C/C(N=CC1Cc2ccccc2N1C)=C(C)\C=C/C. The Hall–Kier alpha value is -2.09. The van der Waals surface area contributed by atoms with Crippen LogP contribution in [0.25, 0.3) is 0 Å². The van der Waals surface area contributed by atoms with Crippen LogP contribution in [0.1, 0.15) is 19.4 Å². The second kappa shape index (κ2) is 6.38. The molecule has 0 aromatic heterocycles. The van der Waals surface area contributed by atoms with E-state index in [9.17, 15) is 0 Å². The number of hydrogen-bond donors (Lipinski definition) is 0. The van der Waals surface area contributed by atoms with Gasteiger partial charge in [-0.1, -0.05) is 36.9 Å². The summed E-state index contributed by atoms with van der Waals surface area (Å²) in [7, 11) is 2.12. The number of rotatable bonds is 4. The maximum Gasteiger partial charge on any atom is 0.0682 e. The molecular weight excluding hydrogens is 244 g/mol. The van der Waals surface area contributed by atoms with Crippen LogP contribution in [-0.4, -0.2) is 19.3 Å². The Labute approximate surface area is 121 Å². The maximum absolute atomic E-state index is 4.62. The number of fused-ring (bicyclic) bond motifs is 1. The van der Waals surface area contributed by atoms with Crippen LogP contribution < -0.4 is 4.90 Å². The van der Waals surface area contributed by atoms with Gasteiger partial charge in [-0.3, -0.25) is 4.99 Å². The van der Waals surface area contributed by atoms with Crippen molar-refractivity contribution >= 4 is 11.9 Å². The zero-order valence-electron chi connectivity index (χ0n) is 12.5. The lowest BCUT2D eigenvalue weighted by molar-refractivity contribution is 0.853. The first-order valence-corrected chi connectivity index (χ1v) is 6.98. The van der Waals surface area contributed by atoms with Crippen molar-refractivity contribution in [2.24, 2.45) is 4.99 Å². The Morgan fingerprint density at radius 3 is 2.80 bits per heavy atom. The molecule has 1 unspecified atom stereocenters. The van der Waals surface area contributed by atoms with Crippen molar-refractivity contribution in [1.82, 2.24) is 0 Å². The molecule has 1 aromatic rings. The number of allylic oxidation sites excluding steroid dienone is 4. The van der Waals surface area contributed by atoms with E-state index in [2.05, 4.69) is 60.8 Å². The number of anilines is 1. The topological polar surface area (TPSA) is 15.6 Å². The van der Waals surface area contributed by atoms with Crippen LogP contribution >= 0.6 is 0 Å². The fourth-order valence-corrected chi connectivity index (χ4v) is 2.54. The van der Waals surface area contributed by atoms with Crippen molar-refractivity contribution < 1.29 is 0 Å². The van der Waals surface area contributed by atoms with Gasteiger partial charge in [-0.15, -0.1) is 0 Å². The van der Waals surface area contributed by atoms with Gasteiger partial charge in [-0.05, 0) is 43.5 Å². The summed E-state index contributed by atoms with van der Waals surface area (Å²) in [5, 5.41) is 0. The second-order valence-electron chi connectivity index (χ2n) is 5.06. The van der Waals surface area contributed by atoms with Crippen LogP contribution in [-0.2, 0) is 6.42 Å². The summed E-state index contributed by atoms with van der Waals surface area (Å²) in [6.45, 7) is 7.92. The fourth-order valence-electron chi connectivity index (χ4n) is 2.54. The zero-order valence-corrected chi connectivity index (χ0v) is 12.5. The second-order valence-corrected chi connectivity index (χ2v) is 5.06. The standard InChI is InChI=1S/C18H22N2/c1-5-9-14(3)17(6-2)19-13-16-12-15-10-7-8-11-18(15)20(16)4/h5-11,13,16H,2,12H2,1,3-4H3/b9-5-,17-14+,19-13?. The molecule has 0 fully saturated rings. The number of likely N-dealkylation sites (N-methyl/N-ethyl adjacent to an activating group) is 1. The molecule has 104 valence electrons. The van der Waals surface area contributed by atoms with Gasteiger partial charge in [0.15, 0.2) is 0 Å². The van der Waals surface area contributed by atoms with E-state index in [1.807, 2.05) is 25.3 Å². The minimum atomic E-state index is 0.320. The molecule has 1 aliphatic rings. The summed E-state index contributed by atoms with van der Waals surface area (Å²) in [5.74, 6) is 0. The first-order chi connectivity index (χ1) is 9.67. The summed E-state index contributed by atoms with van der Waals surface area (Å²) in [5.41, 5.74) is 4.77. The third-order valence-electron chi connectivity index (χ3n) is 3.70. The third-order valence-corrected chi connectivity index (χ3v) is 3.70. The van der Waals surface area contributed by atoms with Crippen LogP contribution in [0.15, 0.2) is 65.3 Å². The van der Waals surface area contributed by atoms with Crippen molar-refractivity contribution in [3.8, 4) is 0 Å². The molecule has 0 bridgehead atoms. The van der Waals surface area contributed by atoms with Crippen molar-refractivity contribution in [1.29, 1.82) is 0 Å². The van der Waals surface area contributed by atoms with Gasteiger partial charge in [0, 0.05) is 18.9 Å². The summed E-state index contributed by atoms with van der Waals surface area (Å²) in [4.78, 5) is 6.90. The Kier molecular flexibility index (Phi) is 4.57. The number of nitrogens with zero attached hydrogens (tertiary/aromatic N) is 2. The van der Waals surface area contributed by atoms with Gasteiger partial charge in [0.1, 0.15) is 0 Å². The summed E-state index contributed by atoms with van der Waals surface area (Å²) in [6, 6.07) is 8.85. The smallest absolute Gasteiger partial charge is 0.0682 e. The van der Waals surface area contributed by atoms with Crippen molar-refractivity contribution in [2.45, 2.75) is 26.3 Å². The molecule has 0 aliphatic carbocycles. The minimum Gasteiger partial charge on any atom is -0.366 e. The lowest BCUT2D eigenvalue weighted by Gasteiger charge is -2.18. The molecule has 2 heteroatoms. The van der Waals surface area contributed by atoms with Crippen LogP contribution in [0.5, 0.6) is 0 Å². The number of para-hydroxylation sites is 1. The molecule has 0 amide bonds. The average Bonchev–Trinajstić information content (AvgIpc) is 2.77. The molecule has 0 saturated heterocycles. The normalized spacial score (nSPS) is 19.6. The van der Waals surface area contributed by atoms with Gasteiger partial charge in [0.2, 0.25) is 0 Å². The minimum absolute atomic E-state index is 0.320. The highest BCUT2D eigenvalue weighted by atomic mass is 15.2. The van der Waals surface area contributed by atoms with Crippen molar-refractivity contribution in [3.05, 3.63) is 65.9 Å². The van der Waals surface area contributed by atoms with Crippen molar-refractivity contribution in [3.63, 3.8) is 0 Å². The van der Waals surface area contributed by atoms with E-state index in [-0.39, 0.29) is 0 Å². The molecule has 0 spiro atoms. The van der Waals surface area contributed by atoms with E-state index in [1.165, 1.54) is 11.3 Å². The van der Waals surface area contributed by atoms with E-state index in [0.29, 0.717) is 6.04 Å². The van der Waals surface area contributed by atoms with Gasteiger partial charge in [-0.25, -0.2) is 0 Å². The van der Waals surface area contributed by atoms with E-state index < -0.39 is 0 Å². The molecule has 2 nitrogen and oxygen atoms in total. The van der Waals surface area contributed by atoms with Crippen LogP contribution in [0.3, 0.4) is 0 Å². The quantitative estimate of drug-likeness (QED) is 0.590. The van der Waals surface area contributed by atoms with E-state index in [4.69, 9.17) is 0 Å². The van der Waals surface area contributed by atoms with Crippen LogP contribution in [0.4, 0.5) is 5.69 Å². The predicted molar refractivity (Wildman–Crippen MR) is 88.5 cm³/mol. The predicted octanol–water partition coefficient (Wildman–Crippen LogP) is 4.15. The van der Waals surface area contributed by atoms with Gasteiger partial charge in [0.25, 0.3) is 0 Å². The average molecular weight is 266 g/mol. The highest BCUT2D eigenvalue weighted by molar-refractivity contribution is 5.77. The molecule has 20 heavy (non-hydrogen) atoms. The largest absolute Gasteiger partial charge is 0.366 e.